The van der Waals surface area contributed by atoms with Crippen LogP contribution in [0.1, 0.15) is 24.7 Å². The molecule has 0 fully saturated rings. The molecule has 19 heavy (non-hydrogen) atoms. The molecular formula is C14H13ClN4. The Bertz CT molecular complexity index is 619. The first kappa shape index (κ1) is 13.3. The molecule has 1 N–H and O–H groups in total. The van der Waals surface area contributed by atoms with Gasteiger partial charge in [-0.2, -0.15) is 5.26 Å². The molecular weight excluding hydrogens is 260 g/mol. The highest BCUT2D eigenvalue weighted by Gasteiger charge is 2.05. The third-order valence-corrected chi connectivity index (χ3v) is 2.72. The number of nitrogens with one attached hydrogen (secondary N) is 1. The highest BCUT2D eigenvalue weighted by atomic mass is 35.5. The summed E-state index contributed by atoms with van der Waals surface area (Å²) in [5, 5.41) is 12.5. The second kappa shape index (κ2) is 6.17. The van der Waals surface area contributed by atoms with Crippen LogP contribution in [0.3, 0.4) is 0 Å². The van der Waals surface area contributed by atoms with Gasteiger partial charge in [0.25, 0.3) is 0 Å². The van der Waals surface area contributed by atoms with Crippen molar-refractivity contribution in [2.75, 3.05) is 5.32 Å². The van der Waals surface area contributed by atoms with Gasteiger partial charge in [-0.25, -0.2) is 9.97 Å². The van der Waals surface area contributed by atoms with E-state index in [1.807, 2.05) is 18.2 Å². The van der Waals surface area contributed by atoms with Crippen molar-refractivity contribution < 1.29 is 0 Å². The quantitative estimate of drug-likeness (QED) is 0.862. The Morgan fingerprint density at radius 1 is 1.32 bits per heavy atom. The minimum absolute atomic E-state index is 0.399. The maximum Gasteiger partial charge on any atom is 0.135 e. The molecule has 0 saturated heterocycles. The summed E-state index contributed by atoms with van der Waals surface area (Å²) >= 11 is 5.97. The lowest BCUT2D eigenvalue weighted by Crippen LogP contribution is -2.01. The molecule has 0 amide bonds. The zero-order chi connectivity index (χ0) is 13.7. The Hall–Kier alpha value is -2.12. The third kappa shape index (κ3) is 3.43. The number of aryl methyl sites for hydroxylation is 1. The number of nitrogens with zero attached hydrogens (tertiary/aromatic N) is 3. The van der Waals surface area contributed by atoms with Gasteiger partial charge in [-0.05, 0) is 18.6 Å². The summed E-state index contributed by atoms with van der Waals surface area (Å²) in [5.41, 5.74) is 1.27. The molecule has 5 heteroatoms. The van der Waals surface area contributed by atoms with E-state index in [0.717, 1.165) is 12.8 Å². The van der Waals surface area contributed by atoms with Crippen LogP contribution in [0.5, 0.6) is 0 Å². The Balaban J connectivity index is 2.30. The largest absolute Gasteiger partial charge is 0.339 e. The number of aromatic nitrogens is 2. The van der Waals surface area contributed by atoms with Crippen LogP contribution < -0.4 is 5.32 Å². The predicted molar refractivity (Wildman–Crippen MR) is 75.5 cm³/mol. The van der Waals surface area contributed by atoms with Gasteiger partial charge in [-0.1, -0.05) is 30.7 Å². The van der Waals surface area contributed by atoms with Crippen molar-refractivity contribution in [1.29, 1.82) is 5.26 Å². The second-order valence-electron chi connectivity index (χ2n) is 4.02. The van der Waals surface area contributed by atoms with Gasteiger partial charge in [0.15, 0.2) is 0 Å². The number of nitriles is 1. The van der Waals surface area contributed by atoms with E-state index in [1.54, 1.807) is 12.1 Å². The smallest absolute Gasteiger partial charge is 0.135 e. The fraction of sp³-hybridized carbons (Fsp3) is 0.214. The van der Waals surface area contributed by atoms with E-state index in [2.05, 4.69) is 28.3 Å². The van der Waals surface area contributed by atoms with Gasteiger partial charge in [0, 0.05) is 12.5 Å². The van der Waals surface area contributed by atoms with Gasteiger partial charge < -0.3 is 5.32 Å². The van der Waals surface area contributed by atoms with E-state index in [9.17, 15) is 0 Å². The Labute approximate surface area is 117 Å². The number of benzene rings is 1. The van der Waals surface area contributed by atoms with Crippen LogP contribution in [-0.2, 0) is 6.42 Å². The Morgan fingerprint density at radius 3 is 2.84 bits per heavy atom. The van der Waals surface area contributed by atoms with Crippen molar-refractivity contribution in [2.45, 2.75) is 19.8 Å². The summed E-state index contributed by atoms with van der Waals surface area (Å²) in [6.45, 7) is 2.06. The van der Waals surface area contributed by atoms with Crippen molar-refractivity contribution in [3.8, 4) is 6.07 Å². The number of hydrogen-bond acceptors (Lipinski definition) is 4. The number of para-hydroxylation sites is 1. The Morgan fingerprint density at radius 2 is 2.11 bits per heavy atom. The third-order valence-electron chi connectivity index (χ3n) is 2.53. The molecule has 0 spiro atoms. The minimum atomic E-state index is 0.399. The molecule has 0 radical (unpaired) electrons. The molecule has 2 rings (SSSR count). The first-order valence-electron chi connectivity index (χ1n) is 6.02. The fourth-order valence-corrected chi connectivity index (χ4v) is 1.89. The van der Waals surface area contributed by atoms with E-state index in [4.69, 9.17) is 16.9 Å². The summed E-state index contributed by atoms with van der Waals surface area (Å²) in [6.07, 6.45) is 1.73. The average Bonchev–Trinajstić information content (AvgIpc) is 2.39. The number of hydrogen-bond donors (Lipinski definition) is 1. The van der Waals surface area contributed by atoms with Gasteiger partial charge in [0.05, 0.1) is 11.3 Å². The van der Waals surface area contributed by atoms with Crippen LogP contribution in [0.25, 0.3) is 0 Å². The Kier molecular flexibility index (Phi) is 4.32. The lowest BCUT2D eigenvalue weighted by molar-refractivity contribution is 0.837. The molecule has 96 valence electrons. The van der Waals surface area contributed by atoms with Crippen LogP contribution in [0, 0.1) is 11.3 Å². The highest BCUT2D eigenvalue weighted by molar-refractivity contribution is 6.29. The molecule has 0 aliphatic carbocycles. The monoisotopic (exact) mass is 272 g/mol. The molecule has 0 unspecified atom stereocenters. The number of halogens is 1. The number of rotatable bonds is 4. The molecule has 4 nitrogen and oxygen atoms in total. The average molecular weight is 273 g/mol. The first-order chi connectivity index (χ1) is 9.22. The first-order valence-corrected chi connectivity index (χ1v) is 6.40. The zero-order valence-electron chi connectivity index (χ0n) is 10.5. The maximum absolute atomic E-state index is 9.04. The SMILES string of the molecule is CCCc1nc(Cl)cc(Nc2ccccc2C#N)n1. The molecule has 1 aromatic carbocycles. The lowest BCUT2D eigenvalue weighted by Gasteiger charge is -2.08. The van der Waals surface area contributed by atoms with Gasteiger partial charge in [0.2, 0.25) is 0 Å². The molecule has 1 heterocycles. The van der Waals surface area contributed by atoms with Crippen LogP contribution in [0.4, 0.5) is 11.5 Å². The van der Waals surface area contributed by atoms with Gasteiger partial charge in [-0.3, -0.25) is 0 Å². The molecule has 0 saturated carbocycles. The molecule has 2 aromatic rings. The highest BCUT2D eigenvalue weighted by Crippen LogP contribution is 2.20. The van der Waals surface area contributed by atoms with Crippen molar-refractivity contribution >= 4 is 23.1 Å². The summed E-state index contributed by atoms with van der Waals surface area (Å²) < 4.78 is 0. The van der Waals surface area contributed by atoms with E-state index in [0.29, 0.717) is 28.0 Å². The summed E-state index contributed by atoms with van der Waals surface area (Å²) in [7, 11) is 0. The van der Waals surface area contributed by atoms with Gasteiger partial charge in [-0.15, -0.1) is 0 Å². The molecule has 0 bridgehead atoms. The van der Waals surface area contributed by atoms with Crippen LogP contribution in [0.2, 0.25) is 5.15 Å². The van der Waals surface area contributed by atoms with Crippen molar-refractivity contribution in [1.82, 2.24) is 9.97 Å². The van der Waals surface area contributed by atoms with Crippen LogP contribution >= 0.6 is 11.6 Å². The van der Waals surface area contributed by atoms with Crippen molar-refractivity contribution in [3.63, 3.8) is 0 Å². The van der Waals surface area contributed by atoms with E-state index < -0.39 is 0 Å². The molecule has 1 aromatic heterocycles. The van der Waals surface area contributed by atoms with Gasteiger partial charge >= 0.3 is 0 Å². The van der Waals surface area contributed by atoms with E-state index in [1.165, 1.54) is 0 Å². The second-order valence-corrected chi connectivity index (χ2v) is 4.41. The molecule has 0 atom stereocenters. The zero-order valence-corrected chi connectivity index (χ0v) is 11.3. The summed E-state index contributed by atoms with van der Waals surface area (Å²) in [6, 6.07) is 11.0. The summed E-state index contributed by atoms with van der Waals surface area (Å²) in [5.74, 6) is 1.30. The fourth-order valence-electron chi connectivity index (χ4n) is 1.69. The molecule has 0 aliphatic heterocycles. The topological polar surface area (TPSA) is 61.6 Å². The maximum atomic E-state index is 9.04. The lowest BCUT2D eigenvalue weighted by atomic mass is 10.2. The van der Waals surface area contributed by atoms with Gasteiger partial charge in [0.1, 0.15) is 22.9 Å². The normalized spacial score (nSPS) is 9.95. The predicted octanol–water partition coefficient (Wildman–Crippen LogP) is 3.70. The minimum Gasteiger partial charge on any atom is -0.339 e. The van der Waals surface area contributed by atoms with Crippen LogP contribution in [-0.4, -0.2) is 9.97 Å². The molecule has 0 aliphatic rings. The van der Waals surface area contributed by atoms with Crippen molar-refractivity contribution in [3.05, 3.63) is 46.9 Å². The van der Waals surface area contributed by atoms with Crippen molar-refractivity contribution in [2.24, 2.45) is 0 Å². The number of anilines is 2. The summed E-state index contributed by atoms with van der Waals surface area (Å²) in [4.78, 5) is 8.54. The van der Waals surface area contributed by atoms with Crippen LogP contribution in [0.15, 0.2) is 30.3 Å². The van der Waals surface area contributed by atoms with E-state index in [-0.39, 0.29) is 0 Å². The standard InChI is InChI=1S/C14H13ClN4/c1-2-5-13-18-12(15)8-14(19-13)17-11-7-4-3-6-10(11)9-16/h3-4,6-8H,2,5H2,1H3,(H,17,18,19). The van der Waals surface area contributed by atoms with E-state index >= 15 is 0 Å².